The molecular formula is C10H12N4O2. The van der Waals surface area contributed by atoms with Crippen LogP contribution in [0.25, 0.3) is 0 Å². The summed E-state index contributed by atoms with van der Waals surface area (Å²) in [5.74, 6) is 0.965. The van der Waals surface area contributed by atoms with Crippen LogP contribution in [0.3, 0.4) is 0 Å². The van der Waals surface area contributed by atoms with Gasteiger partial charge in [0, 0.05) is 24.9 Å². The summed E-state index contributed by atoms with van der Waals surface area (Å²) in [4.78, 5) is 19.7. The summed E-state index contributed by atoms with van der Waals surface area (Å²) >= 11 is 0. The third kappa shape index (κ3) is 1.95. The quantitative estimate of drug-likeness (QED) is 0.821. The van der Waals surface area contributed by atoms with Gasteiger partial charge < -0.3 is 4.52 Å². The Kier molecular flexibility index (Phi) is 2.47. The first-order chi connectivity index (χ1) is 7.56. The topological polar surface area (TPSA) is 75.0 Å². The van der Waals surface area contributed by atoms with Crippen molar-refractivity contribution in [1.82, 2.24) is 15.1 Å². The van der Waals surface area contributed by atoms with Crippen LogP contribution in [0, 0.1) is 13.8 Å². The Morgan fingerprint density at radius 2 is 2.06 bits per heavy atom. The lowest BCUT2D eigenvalue weighted by molar-refractivity contribution is 0.420. The second-order valence-electron chi connectivity index (χ2n) is 3.58. The molecule has 0 saturated heterocycles. The van der Waals surface area contributed by atoms with Gasteiger partial charge in [-0.25, -0.2) is 4.98 Å². The molecular weight excluding hydrogens is 208 g/mol. The fourth-order valence-corrected chi connectivity index (χ4v) is 1.33. The zero-order chi connectivity index (χ0) is 11.7. The number of hydrogen-bond donors (Lipinski definition) is 1. The van der Waals surface area contributed by atoms with E-state index in [0.717, 1.165) is 5.69 Å². The minimum atomic E-state index is -0.189. The van der Waals surface area contributed by atoms with Gasteiger partial charge in [-0.3, -0.25) is 14.7 Å². The van der Waals surface area contributed by atoms with E-state index < -0.39 is 0 Å². The van der Waals surface area contributed by atoms with E-state index in [1.54, 1.807) is 24.9 Å². The molecule has 0 unspecified atom stereocenters. The molecule has 1 N–H and O–H groups in total. The molecule has 6 nitrogen and oxygen atoms in total. The van der Waals surface area contributed by atoms with Crippen LogP contribution < -0.4 is 10.5 Å². The SMILES string of the molecule is Cc1cc(N(C)c2nc(C)cc(=O)[nH]2)on1. The molecule has 2 aromatic heterocycles. The number of anilines is 2. The van der Waals surface area contributed by atoms with Gasteiger partial charge in [-0.05, 0) is 13.8 Å². The Morgan fingerprint density at radius 1 is 1.31 bits per heavy atom. The summed E-state index contributed by atoms with van der Waals surface area (Å²) in [5.41, 5.74) is 1.24. The molecule has 2 rings (SSSR count). The molecule has 0 aliphatic carbocycles. The highest BCUT2D eigenvalue weighted by molar-refractivity contribution is 5.48. The first kappa shape index (κ1) is 10.4. The molecule has 0 atom stereocenters. The average molecular weight is 220 g/mol. The molecule has 0 bridgehead atoms. The van der Waals surface area contributed by atoms with E-state index in [-0.39, 0.29) is 5.56 Å². The Labute approximate surface area is 91.9 Å². The lowest BCUT2D eigenvalue weighted by atomic mass is 10.4. The van der Waals surface area contributed by atoms with Gasteiger partial charge >= 0.3 is 0 Å². The predicted molar refractivity (Wildman–Crippen MR) is 58.9 cm³/mol. The molecule has 0 spiro atoms. The van der Waals surface area contributed by atoms with E-state index in [2.05, 4.69) is 15.1 Å². The number of rotatable bonds is 2. The molecule has 0 aliphatic rings. The highest BCUT2D eigenvalue weighted by atomic mass is 16.5. The van der Waals surface area contributed by atoms with E-state index in [4.69, 9.17) is 4.52 Å². The number of aryl methyl sites for hydroxylation is 2. The molecule has 84 valence electrons. The lowest BCUT2D eigenvalue weighted by Gasteiger charge is -2.13. The van der Waals surface area contributed by atoms with E-state index in [9.17, 15) is 4.79 Å². The average Bonchev–Trinajstić information content (AvgIpc) is 2.62. The van der Waals surface area contributed by atoms with Crippen molar-refractivity contribution in [2.24, 2.45) is 0 Å². The van der Waals surface area contributed by atoms with Crippen LogP contribution in [0.1, 0.15) is 11.4 Å². The van der Waals surface area contributed by atoms with Gasteiger partial charge in [0.05, 0.1) is 5.69 Å². The van der Waals surface area contributed by atoms with Crippen molar-refractivity contribution >= 4 is 11.8 Å². The number of aromatic nitrogens is 3. The third-order valence-electron chi connectivity index (χ3n) is 2.12. The lowest BCUT2D eigenvalue weighted by Crippen LogP contribution is -2.18. The Balaban J connectivity index is 2.40. The van der Waals surface area contributed by atoms with Crippen LogP contribution >= 0.6 is 0 Å². The van der Waals surface area contributed by atoms with Crippen molar-refractivity contribution in [2.75, 3.05) is 11.9 Å². The van der Waals surface area contributed by atoms with E-state index >= 15 is 0 Å². The fourth-order valence-electron chi connectivity index (χ4n) is 1.33. The number of hydrogen-bond acceptors (Lipinski definition) is 5. The number of aromatic amines is 1. The first-order valence-electron chi connectivity index (χ1n) is 4.81. The second kappa shape index (κ2) is 3.80. The zero-order valence-electron chi connectivity index (χ0n) is 9.31. The van der Waals surface area contributed by atoms with Gasteiger partial charge in [0.1, 0.15) is 0 Å². The highest BCUT2D eigenvalue weighted by Gasteiger charge is 2.11. The summed E-state index contributed by atoms with van der Waals surface area (Å²) in [5, 5.41) is 3.77. The van der Waals surface area contributed by atoms with Gasteiger partial charge in [-0.2, -0.15) is 0 Å². The van der Waals surface area contributed by atoms with Gasteiger partial charge in [0.25, 0.3) is 5.56 Å². The third-order valence-corrected chi connectivity index (χ3v) is 2.12. The van der Waals surface area contributed by atoms with Crippen LogP contribution in [-0.4, -0.2) is 22.2 Å². The normalized spacial score (nSPS) is 10.4. The van der Waals surface area contributed by atoms with Crippen LogP contribution in [-0.2, 0) is 0 Å². The summed E-state index contributed by atoms with van der Waals surface area (Å²) in [6.45, 7) is 3.59. The van der Waals surface area contributed by atoms with Crippen molar-refractivity contribution < 1.29 is 4.52 Å². The molecule has 16 heavy (non-hydrogen) atoms. The van der Waals surface area contributed by atoms with Crippen molar-refractivity contribution in [1.29, 1.82) is 0 Å². The first-order valence-corrected chi connectivity index (χ1v) is 4.81. The Morgan fingerprint density at radius 3 is 2.62 bits per heavy atom. The molecule has 0 radical (unpaired) electrons. The zero-order valence-corrected chi connectivity index (χ0v) is 9.31. The van der Waals surface area contributed by atoms with Crippen molar-refractivity contribution in [3.8, 4) is 0 Å². The van der Waals surface area contributed by atoms with Crippen molar-refractivity contribution in [3.63, 3.8) is 0 Å². The summed E-state index contributed by atoms with van der Waals surface area (Å²) in [6.07, 6.45) is 0. The maximum Gasteiger partial charge on any atom is 0.252 e. The molecule has 0 amide bonds. The predicted octanol–water partition coefficient (Wildman–Crippen LogP) is 1.14. The number of nitrogens with zero attached hydrogens (tertiary/aromatic N) is 3. The molecule has 2 heterocycles. The minimum Gasteiger partial charge on any atom is -0.338 e. The van der Waals surface area contributed by atoms with E-state index in [1.165, 1.54) is 6.07 Å². The monoisotopic (exact) mass is 220 g/mol. The van der Waals surface area contributed by atoms with Gasteiger partial charge in [0.2, 0.25) is 11.8 Å². The van der Waals surface area contributed by atoms with Crippen LogP contribution in [0.5, 0.6) is 0 Å². The molecule has 6 heteroatoms. The van der Waals surface area contributed by atoms with Gasteiger partial charge in [-0.1, -0.05) is 5.16 Å². The second-order valence-corrected chi connectivity index (χ2v) is 3.58. The van der Waals surface area contributed by atoms with E-state index in [1.807, 2.05) is 6.92 Å². The summed E-state index contributed by atoms with van der Waals surface area (Å²) in [7, 11) is 1.75. The van der Waals surface area contributed by atoms with E-state index in [0.29, 0.717) is 17.5 Å². The molecule has 0 aliphatic heterocycles. The highest BCUT2D eigenvalue weighted by Crippen LogP contribution is 2.19. The molecule has 0 fully saturated rings. The van der Waals surface area contributed by atoms with Crippen LogP contribution in [0.4, 0.5) is 11.8 Å². The Hall–Kier alpha value is -2.11. The van der Waals surface area contributed by atoms with Crippen LogP contribution in [0.15, 0.2) is 21.5 Å². The standard InChI is InChI=1S/C10H12N4O2/c1-6-4-8(15)12-10(11-6)14(3)9-5-7(2)13-16-9/h4-5H,1-3H3,(H,11,12,15). The largest absolute Gasteiger partial charge is 0.338 e. The number of nitrogens with one attached hydrogen (secondary N) is 1. The smallest absolute Gasteiger partial charge is 0.252 e. The molecule has 0 saturated carbocycles. The fraction of sp³-hybridized carbons (Fsp3) is 0.300. The van der Waals surface area contributed by atoms with Gasteiger partial charge in [-0.15, -0.1) is 0 Å². The van der Waals surface area contributed by atoms with Gasteiger partial charge in [0.15, 0.2) is 0 Å². The molecule has 2 aromatic rings. The van der Waals surface area contributed by atoms with Crippen molar-refractivity contribution in [3.05, 3.63) is 33.9 Å². The molecule has 0 aromatic carbocycles. The maximum atomic E-state index is 11.3. The van der Waals surface area contributed by atoms with Crippen LogP contribution in [0.2, 0.25) is 0 Å². The summed E-state index contributed by atoms with van der Waals surface area (Å²) in [6, 6.07) is 3.20. The van der Waals surface area contributed by atoms with Crippen molar-refractivity contribution in [2.45, 2.75) is 13.8 Å². The number of H-pyrrole nitrogens is 1. The summed E-state index contributed by atoms with van der Waals surface area (Å²) < 4.78 is 5.07. The minimum absolute atomic E-state index is 0.189. The maximum absolute atomic E-state index is 11.3. The Bertz CT molecular complexity index is 558.